The smallest absolute Gasteiger partial charge is 0.306 e. The van der Waals surface area contributed by atoms with Crippen LogP contribution in [0, 0.1) is 0 Å². The van der Waals surface area contributed by atoms with Crippen molar-refractivity contribution in [3.8, 4) is 5.75 Å². The Morgan fingerprint density at radius 3 is 2.19 bits per heavy atom. The Morgan fingerprint density at radius 2 is 1.65 bits per heavy atom. The molecule has 0 radical (unpaired) electrons. The second kappa shape index (κ2) is 8.72. The molecule has 10 heteroatoms. The van der Waals surface area contributed by atoms with Crippen molar-refractivity contribution in [3.05, 3.63) is 71.4 Å². The highest BCUT2D eigenvalue weighted by Crippen LogP contribution is 2.35. The van der Waals surface area contributed by atoms with Crippen LogP contribution in [0.3, 0.4) is 0 Å². The van der Waals surface area contributed by atoms with Crippen LogP contribution < -0.4 is 9.50 Å². The zero-order chi connectivity index (χ0) is 22.8. The van der Waals surface area contributed by atoms with E-state index in [4.69, 9.17) is 4.18 Å². The van der Waals surface area contributed by atoms with E-state index in [0.717, 1.165) is 16.1 Å². The third-order valence-electron chi connectivity index (χ3n) is 4.55. The first kappa shape index (κ1) is 22.8. The van der Waals surface area contributed by atoms with Crippen molar-refractivity contribution in [2.75, 3.05) is 12.8 Å². The molecule has 1 N–H and O–H groups in total. The summed E-state index contributed by atoms with van der Waals surface area (Å²) in [6.07, 6.45) is 1.45. The molecule has 0 unspecified atom stereocenters. The third kappa shape index (κ3) is 5.08. The standard InChI is InChI=1S/C21H24N2O6S2/c1-15(2)23-21(24)19(20(31(23,27)28)17-7-5-4-6-8-17)22-14-13-16-9-11-18(12-10-16)29-30(3,25)26/h4-12,15,22H,13-14H2,1-3H3. The summed E-state index contributed by atoms with van der Waals surface area (Å²) in [5, 5.41) is 3.00. The minimum Gasteiger partial charge on any atom is -0.383 e. The van der Waals surface area contributed by atoms with Gasteiger partial charge in [0.1, 0.15) is 16.4 Å². The molecule has 1 aliphatic rings. The molecule has 3 rings (SSSR count). The van der Waals surface area contributed by atoms with Crippen molar-refractivity contribution in [2.45, 2.75) is 26.3 Å². The van der Waals surface area contributed by atoms with Crippen LogP contribution in [0.5, 0.6) is 5.75 Å². The Bertz CT molecular complexity index is 1200. The first-order chi connectivity index (χ1) is 14.5. The topological polar surface area (TPSA) is 110 Å². The van der Waals surface area contributed by atoms with E-state index in [2.05, 4.69) is 5.32 Å². The summed E-state index contributed by atoms with van der Waals surface area (Å²) in [5.41, 5.74) is 1.37. The van der Waals surface area contributed by atoms with E-state index in [0.29, 0.717) is 18.5 Å². The van der Waals surface area contributed by atoms with Gasteiger partial charge in [-0.3, -0.25) is 4.79 Å². The number of carbonyl (C=O) groups excluding carboxylic acids is 1. The molecule has 0 fully saturated rings. The summed E-state index contributed by atoms with van der Waals surface area (Å²) in [6, 6.07) is 14.5. The molecule has 0 atom stereocenters. The van der Waals surface area contributed by atoms with Gasteiger partial charge in [0.2, 0.25) is 0 Å². The summed E-state index contributed by atoms with van der Waals surface area (Å²) < 4.78 is 54.3. The van der Waals surface area contributed by atoms with E-state index in [1.54, 1.807) is 56.3 Å². The van der Waals surface area contributed by atoms with Gasteiger partial charge in [0.15, 0.2) is 0 Å². The average Bonchev–Trinajstić information content (AvgIpc) is 2.87. The molecule has 166 valence electrons. The number of rotatable bonds is 8. The second-order valence-corrected chi connectivity index (χ2v) is 10.7. The van der Waals surface area contributed by atoms with Crippen molar-refractivity contribution in [1.82, 2.24) is 9.62 Å². The molecule has 1 amide bonds. The molecule has 0 aliphatic carbocycles. The lowest BCUT2D eigenvalue weighted by atomic mass is 10.1. The first-order valence-corrected chi connectivity index (χ1v) is 12.9. The van der Waals surface area contributed by atoms with Crippen molar-refractivity contribution in [2.24, 2.45) is 0 Å². The summed E-state index contributed by atoms with van der Waals surface area (Å²) in [7, 11) is -7.57. The highest BCUT2D eigenvalue weighted by atomic mass is 32.2. The highest BCUT2D eigenvalue weighted by molar-refractivity contribution is 7.99. The fourth-order valence-electron chi connectivity index (χ4n) is 3.31. The second-order valence-electron chi connectivity index (χ2n) is 7.38. The fraction of sp³-hybridized carbons (Fsp3) is 0.286. The molecule has 0 bridgehead atoms. The molecule has 31 heavy (non-hydrogen) atoms. The summed E-state index contributed by atoms with van der Waals surface area (Å²) in [6.45, 7) is 3.62. The summed E-state index contributed by atoms with van der Waals surface area (Å²) >= 11 is 0. The van der Waals surface area contributed by atoms with E-state index in [9.17, 15) is 21.6 Å². The number of sulfonamides is 1. The van der Waals surface area contributed by atoms with Crippen molar-refractivity contribution < 1.29 is 25.8 Å². The largest absolute Gasteiger partial charge is 0.383 e. The maximum Gasteiger partial charge on any atom is 0.306 e. The molecule has 8 nitrogen and oxygen atoms in total. The van der Waals surface area contributed by atoms with Crippen LogP contribution >= 0.6 is 0 Å². The van der Waals surface area contributed by atoms with E-state index < -0.39 is 32.1 Å². The Labute approximate surface area is 182 Å². The van der Waals surface area contributed by atoms with Crippen LogP contribution in [0.4, 0.5) is 0 Å². The molecule has 0 saturated carbocycles. The third-order valence-corrected chi connectivity index (χ3v) is 7.11. The zero-order valence-corrected chi connectivity index (χ0v) is 19.0. The lowest BCUT2D eigenvalue weighted by molar-refractivity contribution is -0.123. The fourth-order valence-corrected chi connectivity index (χ4v) is 5.69. The van der Waals surface area contributed by atoms with Gasteiger partial charge in [-0.05, 0) is 43.5 Å². The monoisotopic (exact) mass is 464 g/mol. The minimum absolute atomic E-state index is 0.0244. The van der Waals surface area contributed by atoms with Crippen LogP contribution in [0.2, 0.25) is 0 Å². The van der Waals surface area contributed by atoms with Crippen LogP contribution in [0.1, 0.15) is 25.0 Å². The predicted molar refractivity (Wildman–Crippen MR) is 118 cm³/mol. The number of hydrogen-bond donors (Lipinski definition) is 1. The Hall–Kier alpha value is -2.85. The van der Waals surface area contributed by atoms with Crippen LogP contribution in [0.25, 0.3) is 4.91 Å². The van der Waals surface area contributed by atoms with E-state index in [1.165, 1.54) is 12.1 Å². The van der Waals surface area contributed by atoms with Gasteiger partial charge in [0.05, 0.1) is 6.26 Å². The number of carbonyl (C=O) groups is 1. The minimum atomic E-state index is -3.97. The van der Waals surface area contributed by atoms with Crippen LogP contribution in [0.15, 0.2) is 60.3 Å². The predicted octanol–water partition coefficient (Wildman–Crippen LogP) is 2.11. The number of nitrogens with zero attached hydrogens (tertiary/aromatic N) is 1. The number of nitrogens with one attached hydrogen (secondary N) is 1. The molecule has 0 spiro atoms. The van der Waals surface area contributed by atoms with Gasteiger partial charge >= 0.3 is 10.1 Å². The number of benzene rings is 2. The lowest BCUT2D eigenvalue weighted by Gasteiger charge is -2.20. The van der Waals surface area contributed by atoms with Gasteiger partial charge in [-0.15, -0.1) is 0 Å². The molecular formula is C21H24N2O6S2. The quantitative estimate of drug-likeness (QED) is 0.596. The van der Waals surface area contributed by atoms with Gasteiger partial charge in [-0.1, -0.05) is 42.5 Å². The maximum atomic E-state index is 13.1. The number of amides is 1. The van der Waals surface area contributed by atoms with Gasteiger partial charge in [-0.25, -0.2) is 12.7 Å². The van der Waals surface area contributed by atoms with E-state index in [1.807, 2.05) is 0 Å². The first-order valence-electron chi connectivity index (χ1n) is 9.61. The molecule has 0 saturated heterocycles. The molecule has 0 aromatic heterocycles. The lowest BCUT2D eigenvalue weighted by Crippen LogP contribution is -2.39. The summed E-state index contributed by atoms with van der Waals surface area (Å²) in [5.74, 6) is -0.372. The maximum absolute atomic E-state index is 13.1. The zero-order valence-electron chi connectivity index (χ0n) is 17.4. The molecule has 2 aromatic rings. The van der Waals surface area contributed by atoms with Crippen molar-refractivity contribution >= 4 is 31.0 Å². The Morgan fingerprint density at radius 1 is 1.03 bits per heavy atom. The Kier molecular flexibility index (Phi) is 6.42. The molecule has 2 aromatic carbocycles. The van der Waals surface area contributed by atoms with Crippen LogP contribution in [-0.4, -0.2) is 45.9 Å². The Balaban J connectivity index is 1.82. The van der Waals surface area contributed by atoms with Gasteiger partial charge in [-0.2, -0.15) is 8.42 Å². The SMILES string of the molecule is CC(C)N1C(=O)C(NCCc2ccc(OS(C)(=O)=O)cc2)=C(c2ccccc2)S1(=O)=O. The van der Waals surface area contributed by atoms with Gasteiger partial charge < -0.3 is 9.50 Å². The molecular weight excluding hydrogens is 440 g/mol. The molecule has 1 aliphatic heterocycles. The van der Waals surface area contributed by atoms with Gasteiger partial charge in [0, 0.05) is 12.6 Å². The van der Waals surface area contributed by atoms with E-state index in [-0.39, 0.29) is 16.4 Å². The highest BCUT2D eigenvalue weighted by Gasteiger charge is 2.45. The van der Waals surface area contributed by atoms with Crippen molar-refractivity contribution in [3.63, 3.8) is 0 Å². The normalized spacial score (nSPS) is 16.1. The summed E-state index contributed by atoms with van der Waals surface area (Å²) in [4.78, 5) is 12.9. The van der Waals surface area contributed by atoms with Crippen molar-refractivity contribution in [1.29, 1.82) is 0 Å². The van der Waals surface area contributed by atoms with Crippen LogP contribution in [-0.2, 0) is 31.4 Å². The molecule has 1 heterocycles. The van der Waals surface area contributed by atoms with Gasteiger partial charge in [0.25, 0.3) is 15.9 Å². The van der Waals surface area contributed by atoms with E-state index >= 15 is 0 Å². The number of hydrogen-bond acceptors (Lipinski definition) is 7. The average molecular weight is 465 g/mol.